The zero-order chi connectivity index (χ0) is 33.1. The van der Waals surface area contributed by atoms with Crippen molar-refractivity contribution in [2.75, 3.05) is 5.32 Å². The van der Waals surface area contributed by atoms with E-state index in [1.165, 1.54) is 0 Å². The molecule has 0 saturated carbocycles. The van der Waals surface area contributed by atoms with Crippen molar-refractivity contribution in [2.24, 2.45) is 0 Å². The molecule has 0 fully saturated rings. The highest BCUT2D eigenvalue weighted by atomic mass is 79.9. The lowest BCUT2D eigenvalue weighted by Gasteiger charge is -2.38. The summed E-state index contributed by atoms with van der Waals surface area (Å²) in [5.74, 6) is 0.669. The minimum absolute atomic E-state index is 0.636. The van der Waals surface area contributed by atoms with E-state index < -0.39 is 11.1 Å². The van der Waals surface area contributed by atoms with Gasteiger partial charge in [-0.25, -0.2) is 9.67 Å². The highest BCUT2D eigenvalue weighted by Crippen LogP contribution is 2.44. The van der Waals surface area contributed by atoms with Crippen LogP contribution >= 0.6 is 15.9 Å². The molecule has 8 aromatic rings. The van der Waals surface area contributed by atoms with Crippen LogP contribution in [0.3, 0.4) is 0 Å². The van der Waals surface area contributed by atoms with Crippen LogP contribution < -0.4 is 5.32 Å². The molecule has 0 amide bonds. The molecule has 49 heavy (non-hydrogen) atoms. The van der Waals surface area contributed by atoms with Gasteiger partial charge in [0.05, 0.1) is 4.47 Å². The summed E-state index contributed by atoms with van der Waals surface area (Å²) >= 11 is 3.88. The minimum atomic E-state index is -0.876. The first kappa shape index (κ1) is 30.5. The first-order chi connectivity index (χ1) is 24.2. The molecule has 0 atom stereocenters. The first-order valence-corrected chi connectivity index (χ1v) is 17.0. The van der Waals surface area contributed by atoms with Gasteiger partial charge in [-0.3, -0.25) is 0 Å². The molecule has 0 bridgehead atoms. The van der Waals surface area contributed by atoms with E-state index in [0.717, 1.165) is 37.9 Å². The Labute approximate surface area is 294 Å². The zero-order valence-corrected chi connectivity index (χ0v) is 28.2. The standard InChI is InChI=1S/C43H32BrN5/c44-38-31-39(46-42(32-19-7-1-8-20-32,33-21-9-2-10-22-33)34-23-11-3-12-24-34)45-41-40(38)47-48-49(41)43(35-25-13-4-14-26-35,36-27-15-5-16-28-36)37-29-17-6-18-30-37/h1-31H,(H,45,46). The number of halogens is 1. The SMILES string of the molecule is Brc1cc(NC(c2ccccc2)(c2ccccc2)c2ccccc2)nc2c1nnn2C(c1ccccc1)(c1ccccc1)c1ccccc1. The summed E-state index contributed by atoms with van der Waals surface area (Å²) in [6.07, 6.45) is 0. The van der Waals surface area contributed by atoms with Crippen LogP contribution in [0.25, 0.3) is 11.2 Å². The summed E-state index contributed by atoms with van der Waals surface area (Å²) in [6.45, 7) is 0. The predicted molar refractivity (Wildman–Crippen MR) is 200 cm³/mol. The van der Waals surface area contributed by atoms with E-state index in [4.69, 9.17) is 15.3 Å². The molecule has 0 aliphatic rings. The van der Waals surface area contributed by atoms with Gasteiger partial charge in [-0.15, -0.1) is 5.10 Å². The molecule has 8 rings (SSSR count). The molecule has 0 spiro atoms. The van der Waals surface area contributed by atoms with Crippen molar-refractivity contribution in [2.45, 2.75) is 11.1 Å². The van der Waals surface area contributed by atoms with Crippen LogP contribution in [0.15, 0.2) is 193 Å². The van der Waals surface area contributed by atoms with Gasteiger partial charge in [0.25, 0.3) is 0 Å². The summed E-state index contributed by atoms with van der Waals surface area (Å²) in [4.78, 5) is 5.40. The van der Waals surface area contributed by atoms with Crippen LogP contribution in [0.4, 0.5) is 5.82 Å². The molecule has 2 aromatic heterocycles. The number of hydrogen-bond donors (Lipinski definition) is 1. The molecule has 0 aliphatic carbocycles. The lowest BCUT2D eigenvalue weighted by atomic mass is 9.77. The normalized spacial score (nSPS) is 11.8. The number of benzene rings is 6. The van der Waals surface area contributed by atoms with E-state index in [-0.39, 0.29) is 0 Å². The zero-order valence-electron chi connectivity index (χ0n) is 26.6. The number of pyridine rings is 1. The van der Waals surface area contributed by atoms with Crippen LogP contribution in [0.5, 0.6) is 0 Å². The van der Waals surface area contributed by atoms with Crippen LogP contribution in [0.1, 0.15) is 33.4 Å². The molecule has 2 heterocycles. The number of hydrogen-bond acceptors (Lipinski definition) is 4. The van der Waals surface area contributed by atoms with Crippen LogP contribution in [0.2, 0.25) is 0 Å². The Bertz CT molecular complexity index is 2100. The van der Waals surface area contributed by atoms with Gasteiger partial charge in [0.2, 0.25) is 0 Å². The molecule has 0 radical (unpaired) electrons. The highest BCUT2D eigenvalue weighted by molar-refractivity contribution is 9.10. The summed E-state index contributed by atoms with van der Waals surface area (Å²) in [6, 6.07) is 65.0. The molecule has 6 heteroatoms. The van der Waals surface area contributed by atoms with Crippen molar-refractivity contribution in [3.8, 4) is 0 Å². The Morgan fingerprint density at radius 3 is 1.18 bits per heavy atom. The number of nitrogens with zero attached hydrogens (tertiary/aromatic N) is 4. The number of rotatable bonds is 9. The lowest BCUT2D eigenvalue weighted by Crippen LogP contribution is -2.39. The predicted octanol–water partition coefficient (Wildman–Crippen LogP) is 9.83. The maximum atomic E-state index is 5.40. The van der Waals surface area contributed by atoms with Gasteiger partial charge < -0.3 is 5.32 Å². The molecule has 0 aliphatic heterocycles. The Morgan fingerprint density at radius 2 is 0.816 bits per heavy atom. The van der Waals surface area contributed by atoms with Crippen molar-refractivity contribution < 1.29 is 0 Å². The molecule has 1 N–H and O–H groups in total. The number of fused-ring (bicyclic) bond motifs is 1. The largest absolute Gasteiger partial charge is 0.353 e. The second-order valence-electron chi connectivity index (χ2n) is 11.9. The molecular formula is C43H32BrN5. The Morgan fingerprint density at radius 1 is 0.469 bits per heavy atom. The van der Waals surface area contributed by atoms with Gasteiger partial charge >= 0.3 is 0 Å². The highest BCUT2D eigenvalue weighted by Gasteiger charge is 2.42. The molecule has 236 valence electrons. The van der Waals surface area contributed by atoms with Gasteiger partial charge in [0.1, 0.15) is 22.4 Å². The van der Waals surface area contributed by atoms with Gasteiger partial charge in [0.15, 0.2) is 5.65 Å². The third-order valence-corrected chi connectivity index (χ3v) is 9.80. The van der Waals surface area contributed by atoms with Crippen LogP contribution in [-0.4, -0.2) is 20.0 Å². The summed E-state index contributed by atoms with van der Waals surface area (Å²) < 4.78 is 2.77. The van der Waals surface area contributed by atoms with Gasteiger partial charge in [-0.1, -0.05) is 187 Å². The second kappa shape index (κ2) is 13.0. The summed E-state index contributed by atoms with van der Waals surface area (Å²) in [7, 11) is 0. The van der Waals surface area contributed by atoms with E-state index in [9.17, 15) is 0 Å². The van der Waals surface area contributed by atoms with E-state index in [1.54, 1.807) is 0 Å². The van der Waals surface area contributed by atoms with Crippen molar-refractivity contribution >= 4 is 32.9 Å². The van der Waals surface area contributed by atoms with Gasteiger partial charge in [-0.05, 0) is 55.4 Å². The van der Waals surface area contributed by atoms with Crippen molar-refractivity contribution in [3.63, 3.8) is 0 Å². The maximum Gasteiger partial charge on any atom is 0.183 e. The number of anilines is 1. The molecular weight excluding hydrogens is 666 g/mol. The van der Waals surface area contributed by atoms with Crippen LogP contribution in [0, 0.1) is 0 Å². The summed E-state index contributed by atoms with van der Waals surface area (Å²) in [5, 5.41) is 13.6. The molecule has 6 aromatic carbocycles. The van der Waals surface area contributed by atoms with E-state index in [0.29, 0.717) is 17.0 Å². The van der Waals surface area contributed by atoms with Crippen LogP contribution in [-0.2, 0) is 11.1 Å². The Hall–Kier alpha value is -5.85. The molecule has 5 nitrogen and oxygen atoms in total. The summed E-state index contributed by atoms with van der Waals surface area (Å²) in [5.41, 5.74) is 6.06. The number of aromatic nitrogens is 4. The fourth-order valence-corrected chi connectivity index (χ4v) is 7.51. The Kier molecular flexibility index (Phi) is 8.08. The van der Waals surface area contributed by atoms with Gasteiger partial charge in [0, 0.05) is 0 Å². The van der Waals surface area contributed by atoms with E-state index in [1.807, 2.05) is 47.1 Å². The minimum Gasteiger partial charge on any atom is -0.353 e. The maximum absolute atomic E-state index is 5.40. The third-order valence-electron chi connectivity index (χ3n) is 9.19. The van der Waals surface area contributed by atoms with E-state index >= 15 is 0 Å². The van der Waals surface area contributed by atoms with Crippen molar-refractivity contribution in [1.82, 2.24) is 20.0 Å². The van der Waals surface area contributed by atoms with Gasteiger partial charge in [-0.2, -0.15) is 0 Å². The average Bonchev–Trinajstić information content (AvgIpc) is 3.61. The van der Waals surface area contributed by atoms with E-state index in [2.05, 4.69) is 167 Å². The quantitative estimate of drug-likeness (QED) is 0.153. The topological polar surface area (TPSA) is 55.6 Å². The first-order valence-electron chi connectivity index (χ1n) is 16.2. The fraction of sp³-hybridized carbons (Fsp3) is 0.0465. The third kappa shape index (κ3) is 5.21. The fourth-order valence-electron chi connectivity index (χ4n) is 7.03. The second-order valence-corrected chi connectivity index (χ2v) is 12.8. The van der Waals surface area contributed by atoms with Crippen molar-refractivity contribution in [3.05, 3.63) is 226 Å². The van der Waals surface area contributed by atoms with Crippen molar-refractivity contribution in [1.29, 1.82) is 0 Å². The smallest absolute Gasteiger partial charge is 0.183 e. The molecule has 0 unspecified atom stereocenters. The monoisotopic (exact) mass is 697 g/mol. The molecule has 0 saturated heterocycles. The Balaban J connectivity index is 1.42. The lowest BCUT2D eigenvalue weighted by molar-refractivity contribution is 0.457. The number of nitrogens with one attached hydrogen (secondary N) is 1. The average molecular weight is 699 g/mol.